The van der Waals surface area contributed by atoms with E-state index in [0.29, 0.717) is 43.8 Å². The van der Waals surface area contributed by atoms with Crippen LogP contribution in [0.15, 0.2) is 34.9 Å². The van der Waals surface area contributed by atoms with Crippen LogP contribution in [0.25, 0.3) is 0 Å². The smallest absolute Gasteiger partial charge is 0.273 e. The van der Waals surface area contributed by atoms with Gasteiger partial charge in [0.15, 0.2) is 29.1 Å². The summed E-state index contributed by atoms with van der Waals surface area (Å²) in [5.74, 6) is 2.05. The molecule has 2 aromatic rings. The maximum Gasteiger partial charge on any atom is 0.273 e. The van der Waals surface area contributed by atoms with Crippen molar-refractivity contribution in [1.29, 1.82) is 0 Å². The van der Waals surface area contributed by atoms with Crippen molar-refractivity contribution in [1.82, 2.24) is 10.5 Å². The number of aromatic nitrogens is 1. The summed E-state index contributed by atoms with van der Waals surface area (Å²) in [6.45, 7) is 3.00. The SMILES string of the molecule is O=C(NCC1CCOC1)c1cc(COCC2COc3ccccc3O2)on1. The fourth-order valence-electron chi connectivity index (χ4n) is 3.00. The quantitative estimate of drug-likeness (QED) is 0.790. The largest absolute Gasteiger partial charge is 0.486 e. The molecular weight excluding hydrogens is 352 g/mol. The summed E-state index contributed by atoms with van der Waals surface area (Å²) in [7, 11) is 0. The third-order valence-corrected chi connectivity index (χ3v) is 4.48. The molecule has 1 fully saturated rings. The number of fused-ring (bicyclic) bond motifs is 1. The molecule has 1 N–H and O–H groups in total. The van der Waals surface area contributed by atoms with E-state index in [0.717, 1.165) is 18.8 Å². The standard InChI is InChI=1S/C19H22N2O6/c22-19(20-8-13-5-6-23-9-13)16-7-14(27-21-16)10-24-11-15-12-25-17-3-1-2-4-18(17)26-15/h1-4,7,13,15H,5-6,8-12H2,(H,20,22). The molecule has 4 rings (SSSR count). The summed E-state index contributed by atoms with van der Waals surface area (Å²) >= 11 is 0. The van der Waals surface area contributed by atoms with Gasteiger partial charge in [-0.1, -0.05) is 17.3 Å². The lowest BCUT2D eigenvalue weighted by Gasteiger charge is -2.26. The summed E-state index contributed by atoms with van der Waals surface area (Å²) in [4.78, 5) is 12.1. The van der Waals surface area contributed by atoms with Crippen molar-refractivity contribution < 1.29 is 28.3 Å². The first-order valence-corrected chi connectivity index (χ1v) is 9.05. The van der Waals surface area contributed by atoms with E-state index in [9.17, 15) is 4.79 Å². The second-order valence-electron chi connectivity index (χ2n) is 6.63. The molecule has 2 unspecified atom stereocenters. The number of benzene rings is 1. The Morgan fingerprint density at radius 1 is 1.26 bits per heavy atom. The molecule has 0 bridgehead atoms. The van der Waals surface area contributed by atoms with Crippen molar-refractivity contribution in [2.75, 3.05) is 33.0 Å². The molecule has 0 spiro atoms. The highest BCUT2D eigenvalue weighted by molar-refractivity contribution is 5.92. The average Bonchev–Trinajstić information content (AvgIpc) is 3.38. The van der Waals surface area contributed by atoms with Crippen LogP contribution in [0.2, 0.25) is 0 Å². The summed E-state index contributed by atoms with van der Waals surface area (Å²) in [5.41, 5.74) is 0.249. The molecule has 2 aliphatic heterocycles. The van der Waals surface area contributed by atoms with E-state index in [1.807, 2.05) is 24.3 Å². The van der Waals surface area contributed by atoms with Gasteiger partial charge in [0.05, 0.1) is 13.2 Å². The summed E-state index contributed by atoms with van der Waals surface area (Å²) in [5, 5.41) is 6.65. The number of para-hydroxylation sites is 2. The van der Waals surface area contributed by atoms with Gasteiger partial charge in [-0.05, 0) is 18.6 Å². The van der Waals surface area contributed by atoms with Crippen molar-refractivity contribution in [3.63, 3.8) is 0 Å². The monoisotopic (exact) mass is 374 g/mol. The topological polar surface area (TPSA) is 92.1 Å². The van der Waals surface area contributed by atoms with E-state index in [1.54, 1.807) is 6.07 Å². The summed E-state index contributed by atoms with van der Waals surface area (Å²) < 4.78 is 27.5. The molecule has 1 aromatic carbocycles. The lowest BCUT2D eigenvalue weighted by molar-refractivity contribution is -0.00264. The Morgan fingerprint density at radius 2 is 2.15 bits per heavy atom. The van der Waals surface area contributed by atoms with Gasteiger partial charge in [0, 0.05) is 25.1 Å². The fourth-order valence-corrected chi connectivity index (χ4v) is 3.00. The molecule has 27 heavy (non-hydrogen) atoms. The third-order valence-electron chi connectivity index (χ3n) is 4.48. The predicted octanol–water partition coefficient (Wildman–Crippen LogP) is 1.80. The molecule has 8 heteroatoms. The highest BCUT2D eigenvalue weighted by Gasteiger charge is 2.21. The highest BCUT2D eigenvalue weighted by Crippen LogP contribution is 2.30. The van der Waals surface area contributed by atoms with Crippen LogP contribution >= 0.6 is 0 Å². The van der Waals surface area contributed by atoms with Crippen LogP contribution in [0.1, 0.15) is 22.7 Å². The van der Waals surface area contributed by atoms with Crippen LogP contribution in [-0.4, -0.2) is 50.1 Å². The Bertz CT molecular complexity index is 771. The minimum Gasteiger partial charge on any atom is -0.486 e. The second kappa shape index (κ2) is 8.41. The molecule has 0 saturated carbocycles. The Hall–Kier alpha value is -2.58. The van der Waals surface area contributed by atoms with Crippen LogP contribution in [0.4, 0.5) is 0 Å². The second-order valence-corrected chi connectivity index (χ2v) is 6.63. The Labute approximate surface area is 156 Å². The number of nitrogens with one attached hydrogen (secondary N) is 1. The van der Waals surface area contributed by atoms with Crippen LogP contribution in [0, 0.1) is 5.92 Å². The predicted molar refractivity (Wildman–Crippen MR) is 93.8 cm³/mol. The lowest BCUT2D eigenvalue weighted by Crippen LogP contribution is -2.33. The number of carbonyl (C=O) groups excluding carboxylic acids is 1. The molecule has 0 radical (unpaired) electrons. The van der Waals surface area contributed by atoms with E-state index in [2.05, 4.69) is 10.5 Å². The van der Waals surface area contributed by atoms with Gasteiger partial charge < -0.3 is 28.8 Å². The van der Waals surface area contributed by atoms with Gasteiger partial charge in [0.2, 0.25) is 0 Å². The number of hydrogen-bond acceptors (Lipinski definition) is 7. The zero-order valence-corrected chi connectivity index (χ0v) is 14.9. The van der Waals surface area contributed by atoms with Gasteiger partial charge in [0.25, 0.3) is 5.91 Å². The van der Waals surface area contributed by atoms with Gasteiger partial charge in [-0.2, -0.15) is 0 Å². The van der Waals surface area contributed by atoms with Gasteiger partial charge in [-0.15, -0.1) is 0 Å². The summed E-state index contributed by atoms with van der Waals surface area (Å²) in [6, 6.07) is 9.12. The minimum absolute atomic E-state index is 0.195. The molecule has 144 valence electrons. The lowest BCUT2D eigenvalue weighted by atomic mass is 10.1. The van der Waals surface area contributed by atoms with E-state index < -0.39 is 0 Å². The molecule has 2 aliphatic rings. The highest BCUT2D eigenvalue weighted by atomic mass is 16.6. The zero-order valence-electron chi connectivity index (χ0n) is 14.9. The number of ether oxygens (including phenoxy) is 4. The third kappa shape index (κ3) is 4.58. The van der Waals surface area contributed by atoms with Crippen LogP contribution < -0.4 is 14.8 Å². The molecule has 8 nitrogen and oxygen atoms in total. The van der Waals surface area contributed by atoms with Crippen LogP contribution in [0.5, 0.6) is 11.5 Å². The fraction of sp³-hybridized carbons (Fsp3) is 0.474. The zero-order chi connectivity index (χ0) is 18.5. The van der Waals surface area contributed by atoms with Crippen molar-refractivity contribution in [2.24, 2.45) is 5.92 Å². The summed E-state index contributed by atoms with van der Waals surface area (Å²) in [6.07, 6.45) is 0.773. The van der Waals surface area contributed by atoms with E-state index in [4.69, 9.17) is 23.5 Å². The van der Waals surface area contributed by atoms with Gasteiger partial charge in [0.1, 0.15) is 13.2 Å². The number of amides is 1. The number of nitrogens with zero attached hydrogens (tertiary/aromatic N) is 1. The number of rotatable bonds is 7. The van der Waals surface area contributed by atoms with Crippen molar-refractivity contribution in [3.8, 4) is 11.5 Å². The minimum atomic E-state index is -0.252. The van der Waals surface area contributed by atoms with Crippen molar-refractivity contribution in [2.45, 2.75) is 19.1 Å². The molecule has 1 amide bonds. The molecule has 0 aliphatic carbocycles. The molecule has 1 saturated heterocycles. The van der Waals surface area contributed by atoms with Crippen LogP contribution in [0.3, 0.4) is 0 Å². The maximum atomic E-state index is 12.1. The first-order chi connectivity index (χ1) is 13.3. The number of hydrogen-bond donors (Lipinski definition) is 1. The maximum absolute atomic E-state index is 12.1. The van der Waals surface area contributed by atoms with Crippen LogP contribution in [-0.2, 0) is 16.1 Å². The molecule has 3 heterocycles. The first-order valence-electron chi connectivity index (χ1n) is 9.05. The number of carbonyl (C=O) groups is 1. The molecule has 2 atom stereocenters. The van der Waals surface area contributed by atoms with Gasteiger partial charge >= 0.3 is 0 Å². The Kier molecular flexibility index (Phi) is 5.55. The van der Waals surface area contributed by atoms with Crippen molar-refractivity contribution in [3.05, 3.63) is 41.8 Å². The van der Waals surface area contributed by atoms with E-state index in [-0.39, 0.29) is 24.3 Å². The van der Waals surface area contributed by atoms with Crippen molar-refractivity contribution >= 4 is 5.91 Å². The first kappa shape index (κ1) is 17.8. The van der Waals surface area contributed by atoms with Gasteiger partial charge in [-0.3, -0.25) is 4.79 Å². The molecule has 1 aromatic heterocycles. The molecular formula is C19H22N2O6. The normalized spacial score (nSPS) is 21.2. The van der Waals surface area contributed by atoms with E-state index >= 15 is 0 Å². The Balaban J connectivity index is 1.20. The van der Waals surface area contributed by atoms with Gasteiger partial charge in [-0.25, -0.2) is 0 Å². The van der Waals surface area contributed by atoms with E-state index in [1.165, 1.54) is 0 Å². The average molecular weight is 374 g/mol. The Morgan fingerprint density at radius 3 is 3.00 bits per heavy atom.